The van der Waals surface area contributed by atoms with Crippen molar-refractivity contribution in [3.63, 3.8) is 0 Å². The first-order valence-corrected chi connectivity index (χ1v) is 8.15. The van der Waals surface area contributed by atoms with E-state index < -0.39 is 5.82 Å². The van der Waals surface area contributed by atoms with E-state index in [0.717, 1.165) is 12.2 Å². The number of hydrogen-bond acceptors (Lipinski definition) is 3. The van der Waals surface area contributed by atoms with Gasteiger partial charge in [-0.25, -0.2) is 4.39 Å². The third-order valence-electron chi connectivity index (χ3n) is 3.25. The van der Waals surface area contributed by atoms with Gasteiger partial charge in [-0.15, -0.1) is 0 Å². The molecule has 1 unspecified atom stereocenters. The van der Waals surface area contributed by atoms with Crippen LogP contribution in [0.25, 0.3) is 0 Å². The van der Waals surface area contributed by atoms with Crippen LogP contribution in [0.5, 0.6) is 0 Å². The minimum Gasteiger partial charge on any atom is -0.339 e. The van der Waals surface area contributed by atoms with Crippen LogP contribution >= 0.6 is 11.8 Å². The lowest BCUT2D eigenvalue weighted by atomic mass is 10.1. The van der Waals surface area contributed by atoms with Crippen LogP contribution in [-0.2, 0) is 0 Å². The molecule has 0 fully saturated rings. The van der Waals surface area contributed by atoms with E-state index in [-0.39, 0.29) is 24.1 Å². The minimum atomic E-state index is -0.526. The molecule has 0 heterocycles. The fourth-order valence-electron chi connectivity index (χ4n) is 1.79. The Bertz CT molecular complexity index is 551. The second kappa shape index (κ2) is 8.71. The van der Waals surface area contributed by atoms with Gasteiger partial charge in [0.15, 0.2) is 0 Å². The van der Waals surface area contributed by atoms with Crippen molar-refractivity contribution in [2.45, 2.75) is 19.4 Å². The number of nitrogens with two attached hydrogens (primary N) is 1. The Hall–Kier alpha value is -1.51. The molecular weight excluding hydrogens is 287 g/mol. The minimum absolute atomic E-state index is 0.0531. The van der Waals surface area contributed by atoms with Gasteiger partial charge in [0, 0.05) is 18.7 Å². The Labute approximate surface area is 130 Å². The second-order valence-electron chi connectivity index (χ2n) is 4.75. The Morgan fingerprint density at radius 1 is 1.52 bits per heavy atom. The van der Waals surface area contributed by atoms with Crippen molar-refractivity contribution in [2.75, 3.05) is 25.6 Å². The van der Waals surface area contributed by atoms with Crippen LogP contribution in [0.4, 0.5) is 4.39 Å². The predicted octanol–water partition coefficient (Wildman–Crippen LogP) is 2.35. The Kier molecular flexibility index (Phi) is 7.27. The van der Waals surface area contributed by atoms with Gasteiger partial charge >= 0.3 is 0 Å². The molecule has 5 heteroatoms. The Balaban J connectivity index is 2.95. The summed E-state index contributed by atoms with van der Waals surface area (Å²) in [6.45, 7) is 2.19. The van der Waals surface area contributed by atoms with Crippen molar-refractivity contribution in [1.29, 1.82) is 0 Å². The average Bonchev–Trinajstić information content (AvgIpc) is 2.50. The second-order valence-corrected chi connectivity index (χ2v) is 5.73. The van der Waals surface area contributed by atoms with Crippen LogP contribution < -0.4 is 5.73 Å². The smallest absolute Gasteiger partial charge is 0.256 e. The molecule has 0 spiro atoms. The number of thioether (sulfide) groups is 1. The molecule has 1 atom stereocenters. The first kappa shape index (κ1) is 17.5. The van der Waals surface area contributed by atoms with Crippen LogP contribution in [0.2, 0.25) is 0 Å². The molecule has 1 aromatic carbocycles. The first-order valence-electron chi connectivity index (χ1n) is 6.75. The topological polar surface area (TPSA) is 46.3 Å². The van der Waals surface area contributed by atoms with E-state index in [1.807, 2.05) is 13.2 Å². The number of rotatable bonds is 5. The van der Waals surface area contributed by atoms with Gasteiger partial charge in [-0.2, -0.15) is 11.8 Å². The lowest BCUT2D eigenvalue weighted by Crippen LogP contribution is -2.36. The molecule has 1 aromatic rings. The molecule has 0 saturated carbocycles. The Morgan fingerprint density at radius 2 is 2.24 bits per heavy atom. The fraction of sp³-hybridized carbons (Fsp3) is 0.438. The zero-order valence-electron chi connectivity index (χ0n) is 12.6. The summed E-state index contributed by atoms with van der Waals surface area (Å²) in [6.07, 6.45) is 2.89. The number of halogens is 1. The average molecular weight is 308 g/mol. The number of hydrogen-bond donors (Lipinski definition) is 1. The summed E-state index contributed by atoms with van der Waals surface area (Å²) in [6, 6.07) is 4.36. The molecule has 114 valence electrons. The highest BCUT2D eigenvalue weighted by Crippen LogP contribution is 2.15. The van der Waals surface area contributed by atoms with Gasteiger partial charge in [0.1, 0.15) is 5.82 Å². The molecule has 21 heavy (non-hydrogen) atoms. The standard InChI is InChI=1S/C16H21FN2OS/c1-12(8-10-21-3)19(2)16(20)14-11-13(5-4-9-18)6-7-15(14)17/h6-7,11-12H,8-10,18H2,1-3H3. The molecule has 0 aromatic heterocycles. The molecule has 0 bridgehead atoms. The lowest BCUT2D eigenvalue weighted by Gasteiger charge is -2.25. The van der Waals surface area contributed by atoms with Gasteiger partial charge in [0.05, 0.1) is 12.1 Å². The number of amides is 1. The summed E-state index contributed by atoms with van der Waals surface area (Å²) in [5.74, 6) is 5.63. The summed E-state index contributed by atoms with van der Waals surface area (Å²) in [4.78, 5) is 14.0. The zero-order valence-corrected chi connectivity index (χ0v) is 13.5. The predicted molar refractivity (Wildman–Crippen MR) is 86.9 cm³/mol. The van der Waals surface area contributed by atoms with E-state index in [0.29, 0.717) is 5.56 Å². The molecule has 1 amide bonds. The normalized spacial score (nSPS) is 11.5. The maximum Gasteiger partial charge on any atom is 0.256 e. The first-order chi connectivity index (χ1) is 10.0. The molecule has 0 aliphatic heterocycles. The van der Waals surface area contributed by atoms with Crippen LogP contribution in [0.1, 0.15) is 29.3 Å². The van der Waals surface area contributed by atoms with E-state index in [9.17, 15) is 9.18 Å². The van der Waals surface area contributed by atoms with Crippen molar-refractivity contribution < 1.29 is 9.18 Å². The van der Waals surface area contributed by atoms with E-state index in [1.54, 1.807) is 29.8 Å². The Morgan fingerprint density at radius 3 is 2.86 bits per heavy atom. The SMILES string of the molecule is CSCCC(C)N(C)C(=O)c1cc(C#CCN)ccc1F. The van der Waals surface area contributed by atoms with Crippen LogP contribution in [0.3, 0.4) is 0 Å². The molecule has 0 saturated heterocycles. The highest BCUT2D eigenvalue weighted by Gasteiger charge is 2.20. The van der Waals surface area contributed by atoms with E-state index >= 15 is 0 Å². The van der Waals surface area contributed by atoms with Gasteiger partial charge in [0.2, 0.25) is 0 Å². The molecule has 3 nitrogen and oxygen atoms in total. The number of nitrogens with zero attached hydrogens (tertiary/aromatic N) is 1. The summed E-state index contributed by atoms with van der Waals surface area (Å²) in [5.41, 5.74) is 5.96. The molecule has 1 rings (SSSR count). The van der Waals surface area contributed by atoms with Crippen LogP contribution in [-0.4, -0.2) is 42.4 Å². The van der Waals surface area contributed by atoms with Crippen LogP contribution in [0, 0.1) is 17.7 Å². The van der Waals surface area contributed by atoms with Gasteiger partial charge in [0.25, 0.3) is 5.91 Å². The molecule has 0 aliphatic rings. The molecule has 0 aliphatic carbocycles. The van der Waals surface area contributed by atoms with Gasteiger partial charge in [-0.1, -0.05) is 11.8 Å². The van der Waals surface area contributed by atoms with Crippen molar-refractivity contribution in [2.24, 2.45) is 5.73 Å². The molecule has 0 radical (unpaired) electrons. The summed E-state index contributed by atoms with van der Waals surface area (Å²) >= 11 is 1.73. The largest absolute Gasteiger partial charge is 0.339 e. The fourth-order valence-corrected chi connectivity index (χ4v) is 2.37. The van der Waals surface area contributed by atoms with Crippen molar-refractivity contribution >= 4 is 17.7 Å². The van der Waals surface area contributed by atoms with Crippen molar-refractivity contribution in [3.8, 4) is 11.8 Å². The van der Waals surface area contributed by atoms with Gasteiger partial charge in [-0.05, 0) is 43.6 Å². The van der Waals surface area contributed by atoms with Crippen molar-refractivity contribution in [1.82, 2.24) is 4.90 Å². The number of carbonyl (C=O) groups excluding carboxylic acids is 1. The summed E-state index contributed by atoms with van der Waals surface area (Å²) in [5, 5.41) is 0. The molecule has 2 N–H and O–H groups in total. The third-order valence-corrected chi connectivity index (χ3v) is 3.90. The summed E-state index contributed by atoms with van der Waals surface area (Å²) < 4.78 is 13.9. The highest BCUT2D eigenvalue weighted by atomic mass is 32.2. The van der Waals surface area contributed by atoms with E-state index in [2.05, 4.69) is 11.8 Å². The summed E-state index contributed by atoms with van der Waals surface area (Å²) in [7, 11) is 1.70. The van der Waals surface area contributed by atoms with E-state index in [4.69, 9.17) is 5.73 Å². The maximum atomic E-state index is 13.9. The van der Waals surface area contributed by atoms with E-state index in [1.165, 1.54) is 12.1 Å². The van der Waals surface area contributed by atoms with Crippen molar-refractivity contribution in [3.05, 3.63) is 35.1 Å². The zero-order chi connectivity index (χ0) is 15.8. The van der Waals surface area contributed by atoms with Crippen LogP contribution in [0.15, 0.2) is 18.2 Å². The third kappa shape index (κ3) is 5.07. The lowest BCUT2D eigenvalue weighted by molar-refractivity contribution is 0.0736. The maximum absolute atomic E-state index is 13.9. The van der Waals surface area contributed by atoms with Gasteiger partial charge in [-0.3, -0.25) is 4.79 Å². The quantitative estimate of drug-likeness (QED) is 0.849. The highest BCUT2D eigenvalue weighted by molar-refractivity contribution is 7.98. The number of benzene rings is 1. The molecular formula is C16H21FN2OS. The number of carbonyl (C=O) groups is 1. The van der Waals surface area contributed by atoms with Gasteiger partial charge < -0.3 is 10.6 Å². The monoisotopic (exact) mass is 308 g/mol.